The second-order valence-electron chi connectivity index (χ2n) is 3.64. The van der Waals surface area contributed by atoms with Crippen molar-refractivity contribution in [1.29, 1.82) is 0 Å². The molecule has 1 aromatic heterocycles. The van der Waals surface area contributed by atoms with Crippen molar-refractivity contribution in [3.05, 3.63) is 0 Å². The van der Waals surface area contributed by atoms with Gasteiger partial charge < -0.3 is 10.4 Å². The highest BCUT2D eigenvalue weighted by Crippen LogP contribution is 2.25. The van der Waals surface area contributed by atoms with Crippen molar-refractivity contribution in [3.63, 3.8) is 0 Å². The molecule has 90 valence electrons. The molecule has 0 amide bonds. The molecule has 1 heterocycles. The fourth-order valence-electron chi connectivity index (χ4n) is 0.857. The van der Waals surface area contributed by atoms with E-state index in [1.54, 1.807) is 0 Å². The minimum atomic E-state index is -0.782. The molecule has 0 aromatic carbocycles. The molecule has 1 aromatic rings. The molecule has 0 aliphatic rings. The molecular weight excluding hydrogens is 246 g/mol. The number of rotatable bonds is 7. The molecule has 0 radical (unpaired) electrons. The highest BCUT2D eigenvalue weighted by atomic mass is 32.2. The van der Waals surface area contributed by atoms with Crippen LogP contribution in [0.25, 0.3) is 0 Å². The van der Waals surface area contributed by atoms with Gasteiger partial charge in [-0.3, -0.25) is 4.79 Å². The zero-order chi connectivity index (χ0) is 12.0. The maximum Gasteiger partial charge on any atom is 0.304 e. The van der Waals surface area contributed by atoms with Gasteiger partial charge in [0.05, 0.1) is 6.42 Å². The van der Waals surface area contributed by atoms with Crippen LogP contribution in [0.1, 0.15) is 20.3 Å². The minimum absolute atomic E-state index is 0.152. The van der Waals surface area contributed by atoms with Crippen molar-refractivity contribution < 1.29 is 9.90 Å². The number of aliphatic carboxylic acids is 1. The van der Waals surface area contributed by atoms with E-state index >= 15 is 0 Å². The normalized spacial score (nSPS) is 10.7. The van der Waals surface area contributed by atoms with E-state index in [-0.39, 0.29) is 6.42 Å². The first-order valence-electron chi connectivity index (χ1n) is 5.00. The number of thioether (sulfide) groups is 1. The van der Waals surface area contributed by atoms with Gasteiger partial charge in [-0.25, -0.2) is 0 Å². The van der Waals surface area contributed by atoms with E-state index in [9.17, 15) is 4.79 Å². The summed E-state index contributed by atoms with van der Waals surface area (Å²) in [5, 5.41) is 20.4. The molecule has 0 saturated heterocycles. The average molecular weight is 261 g/mol. The van der Waals surface area contributed by atoms with Crippen LogP contribution in [0.2, 0.25) is 0 Å². The van der Waals surface area contributed by atoms with Crippen molar-refractivity contribution in [2.45, 2.75) is 24.6 Å². The Morgan fingerprint density at radius 3 is 2.94 bits per heavy atom. The molecule has 2 N–H and O–H groups in total. The largest absolute Gasteiger partial charge is 0.481 e. The summed E-state index contributed by atoms with van der Waals surface area (Å²) < 4.78 is 0.813. The molecule has 1 rings (SSSR count). The molecule has 0 aliphatic carbocycles. The number of hydrogen-bond acceptors (Lipinski definition) is 6. The van der Waals surface area contributed by atoms with Gasteiger partial charge in [0, 0.05) is 12.3 Å². The predicted molar refractivity (Wildman–Crippen MR) is 66.2 cm³/mol. The summed E-state index contributed by atoms with van der Waals surface area (Å²) in [7, 11) is 0. The Labute approximate surface area is 103 Å². The Balaban J connectivity index is 2.30. The lowest BCUT2D eigenvalue weighted by atomic mass is 10.2. The lowest BCUT2D eigenvalue weighted by molar-refractivity contribution is -0.136. The van der Waals surface area contributed by atoms with E-state index in [4.69, 9.17) is 5.11 Å². The van der Waals surface area contributed by atoms with E-state index < -0.39 is 5.97 Å². The van der Waals surface area contributed by atoms with Gasteiger partial charge in [0.25, 0.3) is 0 Å². The molecule has 0 spiro atoms. The van der Waals surface area contributed by atoms with Crippen LogP contribution in [0.3, 0.4) is 0 Å². The third kappa shape index (κ3) is 5.32. The lowest BCUT2D eigenvalue weighted by Gasteiger charge is -2.03. The molecule has 16 heavy (non-hydrogen) atoms. The van der Waals surface area contributed by atoms with Gasteiger partial charge in [-0.15, -0.1) is 10.2 Å². The Morgan fingerprint density at radius 1 is 1.56 bits per heavy atom. The zero-order valence-corrected chi connectivity index (χ0v) is 10.9. The SMILES string of the molecule is CC(C)CNc1nnc(SCCC(=O)O)s1. The van der Waals surface area contributed by atoms with Crippen LogP contribution < -0.4 is 5.32 Å². The van der Waals surface area contributed by atoms with Gasteiger partial charge in [0.2, 0.25) is 5.13 Å². The average Bonchev–Trinajstić information content (AvgIpc) is 2.62. The van der Waals surface area contributed by atoms with Gasteiger partial charge >= 0.3 is 5.97 Å². The number of carboxylic acids is 1. The summed E-state index contributed by atoms with van der Waals surface area (Å²) in [6, 6.07) is 0. The standard InChI is InChI=1S/C9H15N3O2S2/c1-6(2)5-10-8-11-12-9(16-8)15-4-3-7(13)14/h6H,3-5H2,1-2H3,(H,10,11)(H,13,14). The van der Waals surface area contributed by atoms with Crippen LogP contribution in [0.4, 0.5) is 5.13 Å². The smallest absolute Gasteiger partial charge is 0.304 e. The van der Waals surface area contributed by atoms with E-state index in [0.717, 1.165) is 16.0 Å². The van der Waals surface area contributed by atoms with Crippen molar-refractivity contribution in [2.75, 3.05) is 17.6 Å². The van der Waals surface area contributed by atoms with Crippen molar-refractivity contribution >= 4 is 34.2 Å². The van der Waals surface area contributed by atoms with Gasteiger partial charge in [0.15, 0.2) is 4.34 Å². The van der Waals surface area contributed by atoms with Gasteiger partial charge in [-0.1, -0.05) is 36.9 Å². The first kappa shape index (κ1) is 13.2. The summed E-state index contributed by atoms with van der Waals surface area (Å²) >= 11 is 2.89. The van der Waals surface area contributed by atoms with Crippen LogP contribution in [0.15, 0.2) is 4.34 Å². The lowest BCUT2D eigenvalue weighted by Crippen LogP contribution is -2.07. The molecule has 0 fully saturated rings. The number of nitrogens with zero attached hydrogens (tertiary/aromatic N) is 2. The van der Waals surface area contributed by atoms with E-state index in [1.165, 1.54) is 23.1 Å². The first-order valence-corrected chi connectivity index (χ1v) is 6.80. The highest BCUT2D eigenvalue weighted by molar-refractivity contribution is 8.01. The molecule has 7 heteroatoms. The molecule has 0 saturated carbocycles. The number of anilines is 1. The number of aromatic nitrogens is 2. The third-order valence-corrected chi connectivity index (χ3v) is 3.63. The third-order valence-electron chi connectivity index (χ3n) is 1.61. The minimum Gasteiger partial charge on any atom is -0.481 e. The summed E-state index contributed by atoms with van der Waals surface area (Å²) in [5.41, 5.74) is 0. The van der Waals surface area contributed by atoms with Crippen LogP contribution >= 0.6 is 23.1 Å². The summed E-state index contributed by atoms with van der Waals surface area (Å²) in [5.74, 6) is 0.316. The van der Waals surface area contributed by atoms with E-state index in [1.807, 2.05) is 0 Å². The molecule has 0 unspecified atom stereocenters. The highest BCUT2D eigenvalue weighted by Gasteiger charge is 2.06. The Hall–Kier alpha value is -0.820. The van der Waals surface area contributed by atoms with Crippen LogP contribution in [-0.2, 0) is 4.79 Å². The Bertz CT molecular complexity index is 341. The molecule has 0 atom stereocenters. The zero-order valence-electron chi connectivity index (χ0n) is 9.27. The van der Waals surface area contributed by atoms with E-state index in [2.05, 4.69) is 29.4 Å². The second-order valence-corrected chi connectivity index (χ2v) is 5.96. The monoisotopic (exact) mass is 261 g/mol. The van der Waals surface area contributed by atoms with Crippen molar-refractivity contribution in [1.82, 2.24) is 10.2 Å². The molecular formula is C9H15N3O2S2. The second kappa shape index (κ2) is 6.70. The number of nitrogens with one attached hydrogen (secondary N) is 1. The maximum absolute atomic E-state index is 10.3. The number of carboxylic acid groups (broad SMARTS) is 1. The van der Waals surface area contributed by atoms with Gasteiger partial charge in [0.1, 0.15) is 0 Å². The predicted octanol–water partition coefficient (Wildman–Crippen LogP) is 2.17. The maximum atomic E-state index is 10.3. The first-order chi connectivity index (χ1) is 7.58. The quantitative estimate of drug-likeness (QED) is 0.733. The number of carbonyl (C=O) groups is 1. The summed E-state index contributed by atoms with van der Waals surface area (Å²) in [6.07, 6.45) is 0.152. The Morgan fingerprint density at radius 2 is 2.31 bits per heavy atom. The van der Waals surface area contributed by atoms with E-state index in [0.29, 0.717) is 11.7 Å². The topological polar surface area (TPSA) is 75.1 Å². The fourth-order valence-corrected chi connectivity index (χ4v) is 2.61. The van der Waals surface area contributed by atoms with Gasteiger partial charge in [-0.05, 0) is 5.92 Å². The molecule has 0 aliphatic heterocycles. The van der Waals surface area contributed by atoms with Crippen LogP contribution in [-0.4, -0.2) is 33.6 Å². The molecule has 5 nitrogen and oxygen atoms in total. The van der Waals surface area contributed by atoms with Gasteiger partial charge in [-0.2, -0.15) is 0 Å². The van der Waals surface area contributed by atoms with Crippen molar-refractivity contribution in [3.8, 4) is 0 Å². The van der Waals surface area contributed by atoms with Crippen molar-refractivity contribution in [2.24, 2.45) is 5.92 Å². The van der Waals surface area contributed by atoms with Crippen LogP contribution in [0, 0.1) is 5.92 Å². The molecule has 0 bridgehead atoms. The fraction of sp³-hybridized carbons (Fsp3) is 0.667. The van der Waals surface area contributed by atoms with Crippen LogP contribution in [0.5, 0.6) is 0 Å². The summed E-state index contributed by atoms with van der Waals surface area (Å²) in [4.78, 5) is 10.3. The number of hydrogen-bond donors (Lipinski definition) is 2. The Kier molecular flexibility index (Phi) is 5.54. The summed E-state index contributed by atoms with van der Waals surface area (Å²) in [6.45, 7) is 5.11.